The van der Waals surface area contributed by atoms with Gasteiger partial charge in [0.15, 0.2) is 0 Å². The van der Waals surface area contributed by atoms with E-state index in [2.05, 4.69) is 10.2 Å². The second kappa shape index (κ2) is 3.26. The summed E-state index contributed by atoms with van der Waals surface area (Å²) in [5.74, 6) is -4.14. The lowest BCUT2D eigenvalue weighted by Gasteiger charge is -2.07. The van der Waals surface area contributed by atoms with Crippen molar-refractivity contribution < 1.29 is 18.7 Å². The topological polar surface area (TPSA) is 66.0 Å². The summed E-state index contributed by atoms with van der Waals surface area (Å²) in [6.07, 6.45) is 0. The monoisotopic (exact) mass is 226 g/mol. The van der Waals surface area contributed by atoms with Crippen LogP contribution in [-0.4, -0.2) is 21.3 Å². The number of halogens is 2. The molecular weight excluding hydrogens is 218 g/mol. The number of alkyl halides is 2. The summed E-state index contributed by atoms with van der Waals surface area (Å²) in [7, 11) is 0. The van der Waals surface area contributed by atoms with E-state index in [1.807, 2.05) is 0 Å². The zero-order valence-corrected chi connectivity index (χ0v) is 8.29. The molecule has 0 amide bonds. The van der Waals surface area contributed by atoms with Crippen molar-refractivity contribution in [1.82, 2.24) is 10.2 Å². The predicted molar refractivity (Wildman–Crippen MR) is 52.6 cm³/mol. The molecule has 4 nitrogen and oxygen atoms in total. The molecule has 1 heterocycles. The fourth-order valence-electron chi connectivity index (χ4n) is 1.48. The number of carboxylic acid groups (broad SMARTS) is 1. The van der Waals surface area contributed by atoms with Crippen molar-refractivity contribution in [2.24, 2.45) is 0 Å². The van der Waals surface area contributed by atoms with Crippen LogP contribution >= 0.6 is 0 Å². The quantitative estimate of drug-likeness (QED) is 0.826. The highest BCUT2D eigenvalue weighted by Gasteiger charge is 2.29. The predicted octanol–water partition coefficient (Wildman–Crippen LogP) is 2.37. The summed E-state index contributed by atoms with van der Waals surface area (Å²) in [4.78, 5) is 10.7. The Balaban J connectivity index is 2.64. The zero-order chi connectivity index (χ0) is 11.9. The van der Waals surface area contributed by atoms with Gasteiger partial charge in [0.1, 0.15) is 5.69 Å². The van der Waals surface area contributed by atoms with Gasteiger partial charge in [-0.2, -0.15) is 13.9 Å². The molecular formula is C10H8F2N2O2. The smallest absolute Gasteiger partial charge is 0.335 e. The number of aromatic carboxylic acids is 1. The second-order valence-corrected chi connectivity index (χ2v) is 3.52. The fraction of sp³-hybridized carbons (Fsp3) is 0.200. The largest absolute Gasteiger partial charge is 0.478 e. The first kappa shape index (κ1) is 10.5. The van der Waals surface area contributed by atoms with E-state index in [0.717, 1.165) is 6.92 Å². The third-order valence-electron chi connectivity index (χ3n) is 2.24. The van der Waals surface area contributed by atoms with Gasteiger partial charge in [-0.15, -0.1) is 0 Å². The summed E-state index contributed by atoms with van der Waals surface area (Å²) >= 11 is 0. The van der Waals surface area contributed by atoms with E-state index >= 15 is 0 Å². The lowest BCUT2D eigenvalue weighted by atomic mass is 10.1. The van der Waals surface area contributed by atoms with Crippen molar-refractivity contribution in [2.45, 2.75) is 12.8 Å². The Morgan fingerprint density at radius 2 is 2.19 bits per heavy atom. The van der Waals surface area contributed by atoms with Gasteiger partial charge in [0.25, 0.3) is 5.92 Å². The Morgan fingerprint density at radius 1 is 1.50 bits per heavy atom. The zero-order valence-electron chi connectivity index (χ0n) is 8.29. The van der Waals surface area contributed by atoms with E-state index in [-0.39, 0.29) is 22.2 Å². The lowest BCUT2D eigenvalue weighted by molar-refractivity contribution is 0.0142. The van der Waals surface area contributed by atoms with Gasteiger partial charge in [0, 0.05) is 12.3 Å². The van der Waals surface area contributed by atoms with Gasteiger partial charge in [-0.3, -0.25) is 5.10 Å². The van der Waals surface area contributed by atoms with Crippen molar-refractivity contribution >= 4 is 16.9 Å². The standard InChI is InChI=1S/C10H8F2N2O2/c1-10(11,12)8-6-3-2-5(9(15)16)4-7(6)13-14-8/h2-4H,1H3,(H,13,14)(H,15,16). The first-order valence-electron chi connectivity index (χ1n) is 4.49. The second-order valence-electron chi connectivity index (χ2n) is 3.52. The van der Waals surface area contributed by atoms with Crippen molar-refractivity contribution in [3.8, 4) is 0 Å². The SMILES string of the molecule is CC(F)(F)c1[nH]nc2cc(C(=O)O)ccc12. The molecule has 1 aromatic heterocycles. The van der Waals surface area contributed by atoms with Crippen molar-refractivity contribution in [3.05, 3.63) is 29.5 Å². The molecule has 0 saturated heterocycles. The molecule has 2 rings (SSSR count). The van der Waals surface area contributed by atoms with Gasteiger partial charge in [-0.1, -0.05) is 0 Å². The number of rotatable bonds is 2. The van der Waals surface area contributed by atoms with Crippen LogP contribution < -0.4 is 0 Å². The van der Waals surface area contributed by atoms with Crippen LogP contribution in [0.4, 0.5) is 8.78 Å². The van der Waals surface area contributed by atoms with Crippen LogP contribution in [0.25, 0.3) is 10.9 Å². The number of hydrogen-bond donors (Lipinski definition) is 2. The molecule has 84 valence electrons. The third kappa shape index (κ3) is 1.62. The van der Waals surface area contributed by atoms with E-state index < -0.39 is 11.9 Å². The summed E-state index contributed by atoms with van der Waals surface area (Å²) in [5.41, 5.74) is -0.0687. The maximum atomic E-state index is 13.1. The molecule has 0 fully saturated rings. The van der Waals surface area contributed by atoms with E-state index in [1.165, 1.54) is 18.2 Å². The fourth-order valence-corrected chi connectivity index (χ4v) is 1.48. The Morgan fingerprint density at radius 3 is 2.75 bits per heavy atom. The number of fused-ring (bicyclic) bond motifs is 1. The molecule has 0 bridgehead atoms. The Kier molecular flexibility index (Phi) is 2.15. The van der Waals surface area contributed by atoms with Crippen LogP contribution in [0.1, 0.15) is 23.0 Å². The normalized spacial score (nSPS) is 11.9. The Bertz CT molecular complexity index is 557. The molecule has 0 atom stereocenters. The summed E-state index contributed by atoms with van der Waals surface area (Å²) in [6, 6.07) is 3.86. The number of carboxylic acids is 1. The van der Waals surface area contributed by atoms with Gasteiger partial charge in [-0.25, -0.2) is 4.79 Å². The van der Waals surface area contributed by atoms with Crippen LogP contribution in [0.15, 0.2) is 18.2 Å². The molecule has 0 aliphatic carbocycles. The lowest BCUT2D eigenvalue weighted by Crippen LogP contribution is -2.07. The van der Waals surface area contributed by atoms with E-state index in [4.69, 9.17) is 5.11 Å². The minimum absolute atomic E-state index is 0.0185. The van der Waals surface area contributed by atoms with Crippen molar-refractivity contribution in [2.75, 3.05) is 0 Å². The van der Waals surface area contributed by atoms with Gasteiger partial charge in [0.05, 0.1) is 11.1 Å². The summed E-state index contributed by atoms with van der Waals surface area (Å²) in [6.45, 7) is 0.755. The minimum Gasteiger partial charge on any atom is -0.478 e. The number of carbonyl (C=O) groups is 1. The highest BCUT2D eigenvalue weighted by atomic mass is 19.3. The van der Waals surface area contributed by atoms with E-state index in [9.17, 15) is 13.6 Å². The van der Waals surface area contributed by atoms with Crippen LogP contribution in [0, 0.1) is 0 Å². The molecule has 1 aromatic carbocycles. The van der Waals surface area contributed by atoms with E-state index in [0.29, 0.717) is 0 Å². The number of aromatic amines is 1. The Labute approximate surface area is 88.9 Å². The molecule has 6 heteroatoms. The number of H-pyrrole nitrogens is 1. The van der Waals surface area contributed by atoms with Crippen LogP contribution in [-0.2, 0) is 5.92 Å². The average molecular weight is 226 g/mol. The molecule has 2 aromatic rings. The third-order valence-corrected chi connectivity index (χ3v) is 2.24. The maximum absolute atomic E-state index is 13.1. The number of aromatic nitrogens is 2. The first-order chi connectivity index (χ1) is 7.39. The summed E-state index contributed by atoms with van der Waals surface area (Å²) < 4.78 is 26.2. The van der Waals surface area contributed by atoms with Crippen molar-refractivity contribution in [1.29, 1.82) is 0 Å². The number of benzene rings is 1. The highest BCUT2D eigenvalue weighted by molar-refractivity contribution is 5.93. The number of nitrogens with one attached hydrogen (secondary N) is 1. The molecule has 0 saturated carbocycles. The van der Waals surface area contributed by atoms with Gasteiger partial charge in [0.2, 0.25) is 0 Å². The molecule has 0 unspecified atom stereocenters. The van der Waals surface area contributed by atoms with E-state index in [1.54, 1.807) is 0 Å². The summed E-state index contributed by atoms with van der Waals surface area (Å²) in [5, 5.41) is 14.8. The average Bonchev–Trinajstić information content (AvgIpc) is 2.58. The first-order valence-corrected chi connectivity index (χ1v) is 4.49. The van der Waals surface area contributed by atoms with Gasteiger partial charge in [-0.05, 0) is 18.2 Å². The van der Waals surface area contributed by atoms with Gasteiger partial charge >= 0.3 is 5.97 Å². The molecule has 0 aliphatic rings. The molecule has 16 heavy (non-hydrogen) atoms. The minimum atomic E-state index is -3.03. The molecule has 0 aliphatic heterocycles. The number of hydrogen-bond acceptors (Lipinski definition) is 2. The van der Waals surface area contributed by atoms with Gasteiger partial charge < -0.3 is 5.11 Å². The molecule has 0 radical (unpaired) electrons. The van der Waals surface area contributed by atoms with Crippen LogP contribution in [0.2, 0.25) is 0 Å². The molecule has 2 N–H and O–H groups in total. The van der Waals surface area contributed by atoms with Crippen LogP contribution in [0.5, 0.6) is 0 Å². The molecule has 0 spiro atoms. The highest BCUT2D eigenvalue weighted by Crippen LogP contribution is 2.31. The van der Waals surface area contributed by atoms with Crippen molar-refractivity contribution in [3.63, 3.8) is 0 Å². The van der Waals surface area contributed by atoms with Crippen LogP contribution in [0.3, 0.4) is 0 Å². The Hall–Kier alpha value is -1.98. The maximum Gasteiger partial charge on any atom is 0.335 e. The number of nitrogens with zero attached hydrogens (tertiary/aromatic N) is 1.